The molecule has 0 aliphatic carbocycles. The molecule has 0 bridgehead atoms. The van der Waals surface area contributed by atoms with Crippen LogP contribution in [0, 0.1) is 5.92 Å². The predicted molar refractivity (Wildman–Crippen MR) is 174 cm³/mol. The number of hydrogen-bond acceptors (Lipinski definition) is 6. The summed E-state index contributed by atoms with van der Waals surface area (Å²) in [5.74, 6) is -1.62. The van der Waals surface area contributed by atoms with E-state index in [1.165, 1.54) is 0 Å². The fourth-order valence-corrected chi connectivity index (χ4v) is 5.37. The highest BCUT2D eigenvalue weighted by Gasteiger charge is 2.50. The second kappa shape index (κ2) is 14.4. The number of epoxide rings is 1. The molecule has 3 unspecified atom stereocenters. The van der Waals surface area contributed by atoms with Gasteiger partial charge in [0.1, 0.15) is 24.3 Å². The SMILES string of the molecule is CC(C)[C@@H](NC(=O)OCc1ccccc1)C(=O)NC(Cc1c[nH]c2ccccc12)C(=O)NC(Cc1ccccc1)C(=O)C1(C)CO1. The van der Waals surface area contributed by atoms with E-state index in [-0.39, 0.29) is 37.8 Å². The minimum atomic E-state index is -1.06. The number of nitrogens with one attached hydrogen (secondary N) is 4. The highest BCUT2D eigenvalue weighted by molar-refractivity contribution is 5.99. The summed E-state index contributed by atoms with van der Waals surface area (Å²) in [5.41, 5.74) is 2.43. The standard InChI is InChI=1S/C36H40N4O6/c1-23(2)31(40-35(44)45-21-25-14-8-5-9-15-25)34(43)39-30(19-26-20-37-28-17-11-10-16-27(26)28)33(42)38-29(32(41)36(3)22-46-36)18-24-12-6-4-7-13-24/h4-17,20,23,29-31,37H,18-19,21-22H2,1-3H3,(H,38,42)(H,39,43)(H,40,44)/t29?,30?,31-,36?/m1/s1. The van der Waals surface area contributed by atoms with Gasteiger partial charge in [0, 0.05) is 23.5 Å². The smallest absolute Gasteiger partial charge is 0.408 e. The van der Waals surface area contributed by atoms with Gasteiger partial charge in [-0.1, -0.05) is 92.7 Å². The molecule has 1 aliphatic rings. The van der Waals surface area contributed by atoms with Gasteiger partial charge in [-0.2, -0.15) is 0 Å². The maximum Gasteiger partial charge on any atom is 0.408 e. The van der Waals surface area contributed by atoms with Gasteiger partial charge in [0.25, 0.3) is 0 Å². The van der Waals surface area contributed by atoms with E-state index in [4.69, 9.17) is 9.47 Å². The Balaban J connectivity index is 1.35. The molecule has 4 atom stereocenters. The molecule has 0 spiro atoms. The molecule has 46 heavy (non-hydrogen) atoms. The van der Waals surface area contributed by atoms with Gasteiger partial charge < -0.3 is 30.4 Å². The lowest BCUT2D eigenvalue weighted by Gasteiger charge is -2.27. The van der Waals surface area contributed by atoms with E-state index in [0.717, 1.165) is 27.6 Å². The molecule has 5 rings (SSSR count). The zero-order valence-corrected chi connectivity index (χ0v) is 26.2. The first-order chi connectivity index (χ1) is 22.1. The number of fused-ring (bicyclic) bond motifs is 1. The number of ether oxygens (including phenoxy) is 2. The number of Topliss-reactive ketones (excluding diaryl/α,β-unsaturated/α-hetero) is 1. The van der Waals surface area contributed by atoms with Crippen molar-refractivity contribution in [2.24, 2.45) is 5.92 Å². The Kier molecular flexibility index (Phi) is 10.2. The molecule has 3 aromatic carbocycles. The summed E-state index contributed by atoms with van der Waals surface area (Å²) in [6.07, 6.45) is 1.47. The Bertz CT molecular complexity index is 1670. The molecular formula is C36H40N4O6. The van der Waals surface area contributed by atoms with Crippen molar-refractivity contribution in [3.05, 3.63) is 108 Å². The number of aromatic amines is 1. The fraction of sp³-hybridized carbons (Fsp3) is 0.333. The maximum absolute atomic E-state index is 14.0. The van der Waals surface area contributed by atoms with Crippen molar-refractivity contribution in [2.75, 3.05) is 6.61 Å². The van der Waals surface area contributed by atoms with Crippen LogP contribution in [0.25, 0.3) is 10.9 Å². The topological polar surface area (TPSA) is 142 Å². The molecular weight excluding hydrogens is 584 g/mol. The van der Waals surface area contributed by atoms with Crippen LogP contribution in [-0.4, -0.2) is 59.0 Å². The minimum Gasteiger partial charge on any atom is -0.445 e. The zero-order valence-electron chi connectivity index (χ0n) is 26.2. The third kappa shape index (κ3) is 8.19. The molecule has 1 saturated heterocycles. The lowest BCUT2D eigenvalue weighted by molar-refractivity contribution is -0.133. The Labute approximate surface area is 268 Å². The van der Waals surface area contributed by atoms with Crippen molar-refractivity contribution >= 4 is 34.6 Å². The third-order valence-electron chi connectivity index (χ3n) is 8.18. The minimum absolute atomic E-state index is 0.0458. The first kappa shape index (κ1) is 32.4. The lowest BCUT2D eigenvalue weighted by atomic mass is 9.94. The van der Waals surface area contributed by atoms with Gasteiger partial charge in [-0.15, -0.1) is 0 Å². The van der Waals surface area contributed by atoms with Crippen LogP contribution < -0.4 is 16.0 Å². The van der Waals surface area contributed by atoms with E-state index < -0.39 is 41.6 Å². The summed E-state index contributed by atoms with van der Waals surface area (Å²) >= 11 is 0. The van der Waals surface area contributed by atoms with E-state index in [9.17, 15) is 19.2 Å². The summed E-state index contributed by atoms with van der Waals surface area (Å²) in [6, 6.07) is 23.4. The molecule has 0 radical (unpaired) electrons. The van der Waals surface area contributed by atoms with Gasteiger partial charge in [-0.05, 0) is 42.0 Å². The number of para-hydroxylation sites is 1. The number of alkyl carbamates (subject to hydrolysis) is 1. The maximum atomic E-state index is 14.0. The molecule has 10 nitrogen and oxygen atoms in total. The Hall–Kier alpha value is -4.96. The summed E-state index contributed by atoms with van der Waals surface area (Å²) in [4.78, 5) is 57.2. The van der Waals surface area contributed by atoms with Crippen LogP contribution in [0.1, 0.15) is 37.5 Å². The van der Waals surface area contributed by atoms with Gasteiger partial charge in [-0.3, -0.25) is 14.4 Å². The van der Waals surface area contributed by atoms with Crippen molar-refractivity contribution in [2.45, 2.75) is 63.9 Å². The Morgan fingerprint density at radius 2 is 1.41 bits per heavy atom. The lowest BCUT2D eigenvalue weighted by Crippen LogP contribution is -2.58. The largest absolute Gasteiger partial charge is 0.445 e. The average molecular weight is 625 g/mol. The van der Waals surface area contributed by atoms with Crippen LogP contribution in [0.15, 0.2) is 91.1 Å². The van der Waals surface area contributed by atoms with Crippen LogP contribution in [-0.2, 0) is 43.3 Å². The van der Waals surface area contributed by atoms with Gasteiger partial charge in [0.05, 0.1) is 12.6 Å². The molecule has 0 saturated carbocycles. The van der Waals surface area contributed by atoms with Crippen molar-refractivity contribution < 1.29 is 28.7 Å². The first-order valence-electron chi connectivity index (χ1n) is 15.5. The summed E-state index contributed by atoms with van der Waals surface area (Å²) in [6.45, 7) is 5.62. The third-order valence-corrected chi connectivity index (χ3v) is 8.18. The van der Waals surface area contributed by atoms with Crippen molar-refractivity contribution in [1.82, 2.24) is 20.9 Å². The summed E-state index contributed by atoms with van der Waals surface area (Å²) < 4.78 is 10.8. The van der Waals surface area contributed by atoms with Gasteiger partial charge in [-0.25, -0.2) is 4.79 Å². The number of carbonyl (C=O) groups excluding carboxylic acids is 4. The van der Waals surface area contributed by atoms with Crippen LogP contribution in [0.2, 0.25) is 0 Å². The number of benzene rings is 3. The molecule has 3 amide bonds. The average Bonchev–Trinajstić information content (AvgIpc) is 3.69. The highest BCUT2D eigenvalue weighted by atomic mass is 16.6. The monoisotopic (exact) mass is 624 g/mol. The van der Waals surface area contributed by atoms with E-state index in [2.05, 4.69) is 20.9 Å². The van der Waals surface area contributed by atoms with Crippen LogP contribution in [0.4, 0.5) is 4.79 Å². The van der Waals surface area contributed by atoms with E-state index in [0.29, 0.717) is 0 Å². The number of carbonyl (C=O) groups is 4. The van der Waals surface area contributed by atoms with Crippen molar-refractivity contribution in [3.63, 3.8) is 0 Å². The fourth-order valence-electron chi connectivity index (χ4n) is 5.37. The summed E-state index contributed by atoms with van der Waals surface area (Å²) in [5, 5.41) is 9.35. The molecule has 1 aliphatic heterocycles. The van der Waals surface area contributed by atoms with Crippen molar-refractivity contribution in [1.29, 1.82) is 0 Å². The normalized spacial score (nSPS) is 17.5. The second-order valence-electron chi connectivity index (χ2n) is 12.2. The summed E-state index contributed by atoms with van der Waals surface area (Å²) in [7, 11) is 0. The van der Waals surface area contributed by atoms with E-state index in [1.54, 1.807) is 20.8 Å². The number of amides is 3. The predicted octanol–water partition coefficient (Wildman–Crippen LogP) is 4.23. The van der Waals surface area contributed by atoms with E-state index >= 15 is 0 Å². The van der Waals surface area contributed by atoms with Crippen LogP contribution >= 0.6 is 0 Å². The molecule has 4 aromatic rings. The van der Waals surface area contributed by atoms with Crippen LogP contribution in [0.5, 0.6) is 0 Å². The number of hydrogen-bond donors (Lipinski definition) is 4. The number of rotatable bonds is 14. The van der Waals surface area contributed by atoms with Gasteiger partial charge in [0.15, 0.2) is 5.78 Å². The van der Waals surface area contributed by atoms with Crippen LogP contribution in [0.3, 0.4) is 0 Å². The van der Waals surface area contributed by atoms with Gasteiger partial charge in [0.2, 0.25) is 11.8 Å². The number of aromatic nitrogens is 1. The Morgan fingerprint density at radius 1 is 0.804 bits per heavy atom. The highest BCUT2D eigenvalue weighted by Crippen LogP contribution is 2.29. The van der Waals surface area contributed by atoms with E-state index in [1.807, 2.05) is 91.1 Å². The first-order valence-corrected chi connectivity index (χ1v) is 15.5. The quantitative estimate of drug-likeness (QED) is 0.155. The molecule has 240 valence electrons. The number of ketones is 1. The molecule has 1 aromatic heterocycles. The van der Waals surface area contributed by atoms with Crippen molar-refractivity contribution in [3.8, 4) is 0 Å². The van der Waals surface area contributed by atoms with Gasteiger partial charge >= 0.3 is 6.09 Å². The zero-order chi connectivity index (χ0) is 32.7. The second-order valence-corrected chi connectivity index (χ2v) is 12.2. The molecule has 1 fully saturated rings. The molecule has 10 heteroatoms. The molecule has 2 heterocycles. The Morgan fingerprint density at radius 3 is 2.07 bits per heavy atom. The number of H-pyrrole nitrogens is 1. The molecule has 4 N–H and O–H groups in total.